The molecule has 0 saturated carbocycles. The SMILES string of the molecule is CNc1ccc(S(=O)(=O)C(F)F)c(CO)c1. The topological polar surface area (TPSA) is 66.4 Å². The second-order valence-corrected chi connectivity index (χ2v) is 4.92. The van der Waals surface area contributed by atoms with Crippen molar-refractivity contribution < 1.29 is 22.3 Å². The van der Waals surface area contributed by atoms with Crippen LogP contribution >= 0.6 is 0 Å². The maximum Gasteiger partial charge on any atom is 0.341 e. The number of anilines is 1. The van der Waals surface area contributed by atoms with E-state index in [0.29, 0.717) is 5.69 Å². The lowest BCUT2D eigenvalue weighted by molar-refractivity contribution is 0.234. The molecule has 0 bridgehead atoms. The molecule has 0 aliphatic heterocycles. The highest BCUT2D eigenvalue weighted by molar-refractivity contribution is 7.91. The smallest absolute Gasteiger partial charge is 0.341 e. The molecule has 0 spiro atoms. The Kier molecular flexibility index (Phi) is 3.82. The first-order valence-corrected chi connectivity index (χ1v) is 5.91. The summed E-state index contributed by atoms with van der Waals surface area (Å²) in [6.45, 7) is -0.614. The summed E-state index contributed by atoms with van der Waals surface area (Å²) < 4.78 is 47.1. The molecule has 0 atom stereocenters. The maximum absolute atomic E-state index is 12.3. The minimum Gasteiger partial charge on any atom is -0.392 e. The molecule has 1 aromatic carbocycles. The van der Waals surface area contributed by atoms with Crippen molar-refractivity contribution in [2.45, 2.75) is 17.3 Å². The average molecular weight is 251 g/mol. The number of aliphatic hydroxyl groups excluding tert-OH is 1. The highest BCUT2D eigenvalue weighted by atomic mass is 32.2. The zero-order valence-electron chi connectivity index (χ0n) is 8.44. The van der Waals surface area contributed by atoms with E-state index in [2.05, 4.69) is 5.32 Å². The van der Waals surface area contributed by atoms with E-state index in [1.165, 1.54) is 12.1 Å². The fraction of sp³-hybridized carbons (Fsp3) is 0.333. The van der Waals surface area contributed by atoms with E-state index >= 15 is 0 Å². The molecule has 4 nitrogen and oxygen atoms in total. The third-order valence-corrected chi connectivity index (χ3v) is 3.54. The number of hydrogen-bond acceptors (Lipinski definition) is 4. The van der Waals surface area contributed by atoms with Crippen LogP contribution in [0.15, 0.2) is 23.1 Å². The van der Waals surface area contributed by atoms with Crippen LogP contribution in [0.2, 0.25) is 0 Å². The Labute approximate surface area is 91.8 Å². The highest BCUT2D eigenvalue weighted by Gasteiger charge is 2.28. The van der Waals surface area contributed by atoms with E-state index in [1.807, 2.05) is 0 Å². The lowest BCUT2D eigenvalue weighted by atomic mass is 10.2. The summed E-state index contributed by atoms with van der Waals surface area (Å²) in [4.78, 5) is -0.538. The van der Waals surface area contributed by atoms with Crippen molar-refractivity contribution in [1.82, 2.24) is 0 Å². The fourth-order valence-corrected chi connectivity index (χ4v) is 2.17. The van der Waals surface area contributed by atoms with Crippen LogP contribution in [0.4, 0.5) is 14.5 Å². The Balaban J connectivity index is 3.35. The second-order valence-electron chi connectivity index (χ2n) is 3.04. The Bertz CT molecular complexity index is 474. The van der Waals surface area contributed by atoms with Crippen LogP contribution in [0.1, 0.15) is 5.56 Å². The van der Waals surface area contributed by atoms with Gasteiger partial charge in [-0.25, -0.2) is 8.42 Å². The Morgan fingerprint density at radius 1 is 1.44 bits per heavy atom. The van der Waals surface area contributed by atoms with Crippen molar-refractivity contribution in [1.29, 1.82) is 0 Å². The summed E-state index contributed by atoms with van der Waals surface area (Å²) in [5.41, 5.74) is 0.490. The van der Waals surface area contributed by atoms with Crippen molar-refractivity contribution in [2.24, 2.45) is 0 Å². The predicted molar refractivity (Wildman–Crippen MR) is 55.1 cm³/mol. The van der Waals surface area contributed by atoms with E-state index in [-0.39, 0.29) is 5.56 Å². The van der Waals surface area contributed by atoms with Crippen LogP contribution in [0, 0.1) is 0 Å². The maximum atomic E-state index is 12.3. The van der Waals surface area contributed by atoms with Gasteiger partial charge < -0.3 is 10.4 Å². The molecule has 90 valence electrons. The van der Waals surface area contributed by atoms with Crippen molar-refractivity contribution >= 4 is 15.5 Å². The third kappa shape index (κ3) is 2.30. The first-order valence-electron chi connectivity index (χ1n) is 4.37. The summed E-state index contributed by atoms with van der Waals surface area (Å²) in [5.74, 6) is -3.49. The van der Waals surface area contributed by atoms with Gasteiger partial charge in [0.1, 0.15) is 0 Å². The molecule has 2 N–H and O–H groups in total. The van der Waals surface area contributed by atoms with Crippen LogP contribution in [0.3, 0.4) is 0 Å². The molecule has 1 rings (SSSR count). The van der Waals surface area contributed by atoms with Gasteiger partial charge in [0.15, 0.2) is 0 Å². The molecular weight excluding hydrogens is 240 g/mol. The molecule has 1 aromatic rings. The van der Waals surface area contributed by atoms with E-state index in [9.17, 15) is 17.2 Å². The van der Waals surface area contributed by atoms with Crippen molar-refractivity contribution in [3.8, 4) is 0 Å². The minimum atomic E-state index is -4.67. The minimum absolute atomic E-state index is 0.0489. The third-order valence-electron chi connectivity index (χ3n) is 2.06. The van der Waals surface area contributed by atoms with Gasteiger partial charge in [-0.05, 0) is 23.8 Å². The molecule has 0 radical (unpaired) electrons. The van der Waals surface area contributed by atoms with Crippen molar-refractivity contribution in [3.63, 3.8) is 0 Å². The number of halogens is 2. The van der Waals surface area contributed by atoms with Gasteiger partial charge in [-0.1, -0.05) is 0 Å². The molecule has 0 saturated heterocycles. The van der Waals surface area contributed by atoms with Crippen LogP contribution in [0.5, 0.6) is 0 Å². The predicted octanol–water partition coefficient (Wildman–Crippen LogP) is 1.22. The molecule has 0 unspecified atom stereocenters. The molecule has 0 aliphatic carbocycles. The van der Waals surface area contributed by atoms with E-state index < -0.39 is 27.1 Å². The summed E-state index contributed by atoms with van der Waals surface area (Å²) in [7, 11) is -3.07. The summed E-state index contributed by atoms with van der Waals surface area (Å²) in [6.07, 6.45) is 0. The zero-order valence-corrected chi connectivity index (χ0v) is 9.26. The molecule has 0 fully saturated rings. The molecule has 0 amide bonds. The van der Waals surface area contributed by atoms with Gasteiger partial charge in [-0.3, -0.25) is 0 Å². The number of aliphatic hydroxyl groups is 1. The highest BCUT2D eigenvalue weighted by Crippen LogP contribution is 2.25. The molecule has 0 heterocycles. The van der Waals surface area contributed by atoms with Gasteiger partial charge in [-0.15, -0.1) is 0 Å². The Hall–Kier alpha value is -1.21. The van der Waals surface area contributed by atoms with Gasteiger partial charge >= 0.3 is 5.76 Å². The lowest BCUT2D eigenvalue weighted by Crippen LogP contribution is -2.14. The van der Waals surface area contributed by atoms with Crippen LogP contribution in [-0.4, -0.2) is 26.3 Å². The first kappa shape index (κ1) is 12.9. The van der Waals surface area contributed by atoms with Gasteiger partial charge in [0, 0.05) is 12.7 Å². The van der Waals surface area contributed by atoms with Crippen molar-refractivity contribution in [2.75, 3.05) is 12.4 Å². The first-order chi connectivity index (χ1) is 7.43. The Morgan fingerprint density at radius 2 is 2.06 bits per heavy atom. The Morgan fingerprint density at radius 3 is 2.50 bits per heavy atom. The van der Waals surface area contributed by atoms with Crippen LogP contribution < -0.4 is 5.32 Å². The second kappa shape index (κ2) is 4.75. The molecular formula is C9H11F2NO3S. The monoisotopic (exact) mass is 251 g/mol. The molecule has 7 heteroatoms. The number of alkyl halides is 2. The van der Waals surface area contributed by atoms with E-state index in [0.717, 1.165) is 6.07 Å². The van der Waals surface area contributed by atoms with E-state index in [4.69, 9.17) is 5.11 Å². The standard InChI is InChI=1S/C9H11F2NO3S/c1-12-7-2-3-8(6(4-7)5-13)16(14,15)9(10)11/h2-4,9,12-13H,5H2,1H3. The molecule has 0 aliphatic rings. The summed E-state index contributed by atoms with van der Waals surface area (Å²) >= 11 is 0. The van der Waals surface area contributed by atoms with Crippen LogP contribution in [-0.2, 0) is 16.4 Å². The normalized spacial score (nSPS) is 11.8. The van der Waals surface area contributed by atoms with Crippen LogP contribution in [0.25, 0.3) is 0 Å². The van der Waals surface area contributed by atoms with Gasteiger partial charge in [-0.2, -0.15) is 8.78 Å². The number of sulfone groups is 1. The fourth-order valence-electron chi connectivity index (χ4n) is 1.23. The molecule has 0 aromatic heterocycles. The van der Waals surface area contributed by atoms with Gasteiger partial charge in [0.05, 0.1) is 11.5 Å². The largest absolute Gasteiger partial charge is 0.392 e. The quantitative estimate of drug-likeness (QED) is 0.844. The van der Waals surface area contributed by atoms with E-state index in [1.54, 1.807) is 7.05 Å². The summed E-state index contributed by atoms with van der Waals surface area (Å²) in [5, 5.41) is 11.7. The zero-order chi connectivity index (χ0) is 12.3. The van der Waals surface area contributed by atoms with Crippen molar-refractivity contribution in [3.05, 3.63) is 23.8 Å². The number of nitrogens with one attached hydrogen (secondary N) is 1. The number of benzene rings is 1. The molecule has 16 heavy (non-hydrogen) atoms. The average Bonchev–Trinajstić information content (AvgIpc) is 2.27. The summed E-state index contributed by atoms with van der Waals surface area (Å²) in [6, 6.07) is 3.72. The van der Waals surface area contributed by atoms with Gasteiger partial charge in [0.2, 0.25) is 9.84 Å². The van der Waals surface area contributed by atoms with Gasteiger partial charge in [0.25, 0.3) is 0 Å². The lowest BCUT2D eigenvalue weighted by Gasteiger charge is -2.10. The number of hydrogen-bond donors (Lipinski definition) is 2. The number of rotatable bonds is 4.